The number of para-hydroxylation sites is 4. The zero-order valence-corrected chi connectivity index (χ0v) is 24.4. The summed E-state index contributed by atoms with van der Waals surface area (Å²) >= 11 is 0. The highest BCUT2D eigenvalue weighted by molar-refractivity contribution is 6.10. The highest BCUT2D eigenvalue weighted by Crippen LogP contribution is 2.43. The number of fused-ring (bicyclic) bond motifs is 4. The smallest absolute Gasteiger partial charge is 0.299 e. The number of rotatable bonds is 4. The lowest BCUT2D eigenvalue weighted by Gasteiger charge is -2.24. The summed E-state index contributed by atoms with van der Waals surface area (Å²) in [6, 6.07) is 39.2. The zero-order valence-electron chi connectivity index (χ0n) is 24.4. The van der Waals surface area contributed by atoms with E-state index in [1.54, 1.807) is 0 Å². The number of imidazole rings is 1. The van der Waals surface area contributed by atoms with Gasteiger partial charge in [-0.1, -0.05) is 112 Å². The summed E-state index contributed by atoms with van der Waals surface area (Å²) < 4.78 is 11.7. The Kier molecular flexibility index (Phi) is 5.86. The Morgan fingerprint density at radius 2 is 1.46 bits per heavy atom. The van der Waals surface area contributed by atoms with Gasteiger partial charge in [-0.15, -0.1) is 0 Å². The molecule has 0 aliphatic heterocycles. The number of aryl methyl sites for hydroxylation is 2. The first-order chi connectivity index (χ1) is 19.9. The van der Waals surface area contributed by atoms with E-state index in [1.807, 2.05) is 6.07 Å². The highest BCUT2D eigenvalue weighted by atomic mass is 16.3. The number of benzene rings is 5. The van der Waals surface area contributed by atoms with Gasteiger partial charge in [-0.05, 0) is 48.6 Å². The predicted molar refractivity (Wildman–Crippen MR) is 171 cm³/mol. The van der Waals surface area contributed by atoms with Gasteiger partial charge in [0, 0.05) is 21.9 Å². The Balaban J connectivity index is 1.71. The van der Waals surface area contributed by atoms with Crippen molar-refractivity contribution in [1.29, 1.82) is 0 Å². The standard InChI is InChI=1S/C38H35N2O/c1-6-39-31-20-11-12-21-32(31)40(35-27(26-15-8-7-9-16-26)18-14-19-30(35)38(3,4)5)37(39)34-25(2)23-24-29-28-17-10-13-22-33(28)41-36(29)34/h7-24H,6H2,1-5H3/q+1. The van der Waals surface area contributed by atoms with Crippen molar-refractivity contribution in [2.45, 2.75) is 46.6 Å². The summed E-state index contributed by atoms with van der Waals surface area (Å²) in [5.74, 6) is 1.14. The molecule has 7 rings (SSSR count). The minimum atomic E-state index is -0.0831. The van der Waals surface area contributed by atoms with Crippen LogP contribution in [0, 0.1) is 6.92 Å². The Morgan fingerprint density at radius 1 is 0.732 bits per heavy atom. The van der Waals surface area contributed by atoms with Gasteiger partial charge in [0.05, 0.1) is 6.54 Å². The van der Waals surface area contributed by atoms with Gasteiger partial charge in [0.2, 0.25) is 0 Å². The van der Waals surface area contributed by atoms with Crippen LogP contribution in [0.4, 0.5) is 0 Å². The molecule has 0 aliphatic carbocycles. The molecule has 5 aromatic carbocycles. The van der Waals surface area contributed by atoms with Crippen molar-refractivity contribution in [3.8, 4) is 28.2 Å². The number of hydrogen-bond donors (Lipinski definition) is 0. The molecule has 0 unspecified atom stereocenters. The number of furan rings is 1. The first-order valence-electron chi connectivity index (χ1n) is 14.5. The van der Waals surface area contributed by atoms with Crippen LogP contribution in [0.5, 0.6) is 0 Å². The second-order valence-corrected chi connectivity index (χ2v) is 11.9. The van der Waals surface area contributed by atoms with Crippen molar-refractivity contribution < 1.29 is 8.98 Å². The van der Waals surface area contributed by atoms with E-state index in [1.165, 1.54) is 39.0 Å². The molecule has 0 bridgehead atoms. The van der Waals surface area contributed by atoms with Crippen LogP contribution in [0.3, 0.4) is 0 Å². The molecule has 7 aromatic rings. The van der Waals surface area contributed by atoms with E-state index in [0.717, 1.165) is 39.9 Å². The molecule has 0 fully saturated rings. The van der Waals surface area contributed by atoms with Gasteiger partial charge in [0.25, 0.3) is 5.82 Å². The fraction of sp³-hybridized carbons (Fsp3) is 0.184. The number of aromatic nitrogens is 2. The maximum absolute atomic E-state index is 6.69. The third kappa shape index (κ3) is 3.91. The molecule has 41 heavy (non-hydrogen) atoms. The highest BCUT2D eigenvalue weighted by Gasteiger charge is 2.35. The fourth-order valence-electron chi connectivity index (χ4n) is 6.43. The van der Waals surface area contributed by atoms with Crippen LogP contribution in [0.15, 0.2) is 114 Å². The molecule has 3 nitrogen and oxygen atoms in total. The summed E-state index contributed by atoms with van der Waals surface area (Å²) in [5.41, 5.74) is 11.4. The number of hydrogen-bond acceptors (Lipinski definition) is 1. The molecule has 0 amide bonds. The van der Waals surface area contributed by atoms with Gasteiger partial charge in [-0.25, -0.2) is 4.57 Å². The normalized spacial score (nSPS) is 12.1. The Morgan fingerprint density at radius 3 is 2.24 bits per heavy atom. The molecule has 0 saturated carbocycles. The molecule has 2 aromatic heterocycles. The van der Waals surface area contributed by atoms with E-state index >= 15 is 0 Å². The minimum absolute atomic E-state index is 0.0831. The zero-order chi connectivity index (χ0) is 28.3. The van der Waals surface area contributed by atoms with E-state index in [9.17, 15) is 0 Å². The maximum Gasteiger partial charge on any atom is 0.299 e. The molecule has 3 heteroatoms. The van der Waals surface area contributed by atoms with Crippen LogP contribution in [-0.4, -0.2) is 4.57 Å². The van der Waals surface area contributed by atoms with E-state index in [-0.39, 0.29) is 5.41 Å². The number of nitrogens with zero attached hydrogens (tertiary/aromatic N) is 2. The van der Waals surface area contributed by atoms with E-state index in [4.69, 9.17) is 4.42 Å². The van der Waals surface area contributed by atoms with Gasteiger partial charge in [-0.3, -0.25) is 0 Å². The first kappa shape index (κ1) is 25.3. The maximum atomic E-state index is 6.69. The summed E-state index contributed by atoms with van der Waals surface area (Å²) in [5, 5.41) is 2.29. The fourth-order valence-corrected chi connectivity index (χ4v) is 6.43. The molecule has 0 saturated heterocycles. The van der Waals surface area contributed by atoms with Crippen LogP contribution < -0.4 is 4.57 Å². The lowest BCUT2D eigenvalue weighted by Crippen LogP contribution is -2.34. The van der Waals surface area contributed by atoms with Crippen LogP contribution in [0.25, 0.3) is 61.2 Å². The molecule has 2 heterocycles. The van der Waals surface area contributed by atoms with Gasteiger partial charge in [-0.2, -0.15) is 4.57 Å². The molecular formula is C38H35N2O+. The van der Waals surface area contributed by atoms with Gasteiger partial charge in [0.1, 0.15) is 16.8 Å². The van der Waals surface area contributed by atoms with Crippen LogP contribution in [0.2, 0.25) is 0 Å². The summed E-state index contributed by atoms with van der Waals surface area (Å²) in [6.07, 6.45) is 0. The molecule has 0 atom stereocenters. The Hall–Kier alpha value is -4.63. The quantitative estimate of drug-likeness (QED) is 0.206. The predicted octanol–water partition coefficient (Wildman–Crippen LogP) is 9.78. The minimum Gasteiger partial charge on any atom is -0.455 e. The Bertz CT molecular complexity index is 2070. The molecule has 202 valence electrons. The lowest BCUT2D eigenvalue weighted by molar-refractivity contribution is -0.657. The summed E-state index contributed by atoms with van der Waals surface area (Å²) in [6.45, 7) is 12.2. The van der Waals surface area contributed by atoms with Gasteiger partial charge in [0.15, 0.2) is 16.6 Å². The third-order valence-corrected chi connectivity index (χ3v) is 8.33. The second-order valence-electron chi connectivity index (χ2n) is 11.9. The van der Waals surface area contributed by atoms with E-state index < -0.39 is 0 Å². The molecular weight excluding hydrogens is 500 g/mol. The van der Waals surface area contributed by atoms with Crippen LogP contribution in [0.1, 0.15) is 38.8 Å². The SMILES string of the molecule is CC[n+]1c(-c2c(C)ccc3c2oc2ccccc23)n(-c2c(-c3ccccc3)cccc2C(C)(C)C)c2ccccc21. The van der Waals surface area contributed by atoms with Crippen molar-refractivity contribution in [1.82, 2.24) is 4.57 Å². The molecule has 0 spiro atoms. The Labute approximate surface area is 241 Å². The summed E-state index contributed by atoms with van der Waals surface area (Å²) in [7, 11) is 0. The van der Waals surface area contributed by atoms with Gasteiger partial charge >= 0.3 is 0 Å². The van der Waals surface area contributed by atoms with Crippen molar-refractivity contribution in [2.24, 2.45) is 0 Å². The van der Waals surface area contributed by atoms with Crippen molar-refractivity contribution >= 4 is 33.0 Å². The second kappa shape index (κ2) is 9.49. The van der Waals surface area contributed by atoms with Crippen LogP contribution in [-0.2, 0) is 12.0 Å². The van der Waals surface area contributed by atoms with Gasteiger partial charge < -0.3 is 4.42 Å². The largest absolute Gasteiger partial charge is 0.455 e. The average Bonchev–Trinajstić information content (AvgIpc) is 3.52. The summed E-state index contributed by atoms with van der Waals surface area (Å²) in [4.78, 5) is 0. The average molecular weight is 536 g/mol. The van der Waals surface area contributed by atoms with Crippen LogP contribution >= 0.6 is 0 Å². The molecule has 0 N–H and O–H groups in total. The first-order valence-corrected chi connectivity index (χ1v) is 14.5. The monoisotopic (exact) mass is 535 g/mol. The topological polar surface area (TPSA) is 21.9 Å². The van der Waals surface area contributed by atoms with E-state index in [0.29, 0.717) is 0 Å². The van der Waals surface area contributed by atoms with Crippen molar-refractivity contribution in [2.75, 3.05) is 0 Å². The van der Waals surface area contributed by atoms with E-state index in [2.05, 4.69) is 147 Å². The lowest BCUT2D eigenvalue weighted by atomic mass is 9.83. The molecule has 0 aliphatic rings. The van der Waals surface area contributed by atoms with Crippen molar-refractivity contribution in [3.63, 3.8) is 0 Å². The van der Waals surface area contributed by atoms with Crippen molar-refractivity contribution in [3.05, 3.63) is 120 Å². The third-order valence-electron chi connectivity index (χ3n) is 8.33. The molecule has 0 radical (unpaired) electrons.